The Kier molecular flexibility index (Phi) is 3.92. The van der Waals surface area contributed by atoms with Gasteiger partial charge in [0.25, 0.3) is 0 Å². The Morgan fingerprint density at radius 2 is 2.00 bits per heavy atom. The van der Waals surface area contributed by atoms with E-state index in [0.717, 1.165) is 17.1 Å². The van der Waals surface area contributed by atoms with E-state index in [1.54, 1.807) is 12.1 Å². The molecule has 0 fully saturated rings. The summed E-state index contributed by atoms with van der Waals surface area (Å²) in [6.07, 6.45) is 0. The number of carbonyl (C=O) groups is 1. The van der Waals surface area contributed by atoms with Crippen LogP contribution in [0.2, 0.25) is 5.02 Å². The predicted molar refractivity (Wildman–Crippen MR) is 77.7 cm³/mol. The van der Waals surface area contributed by atoms with Crippen molar-refractivity contribution in [1.29, 1.82) is 0 Å². The number of esters is 1. The first kappa shape index (κ1) is 14.0. The lowest BCUT2D eigenvalue weighted by Gasteiger charge is -2.18. The third-order valence-electron chi connectivity index (χ3n) is 2.26. The summed E-state index contributed by atoms with van der Waals surface area (Å²) in [5.74, 6) is -0.358. The van der Waals surface area contributed by atoms with Gasteiger partial charge in [-0.1, -0.05) is 29.8 Å². The molecule has 1 aromatic carbocycles. The molecule has 100 valence electrons. The van der Waals surface area contributed by atoms with E-state index in [1.807, 2.05) is 39.0 Å². The summed E-state index contributed by atoms with van der Waals surface area (Å²) < 4.78 is 9.56. The normalized spacial score (nSPS) is 11.4. The van der Waals surface area contributed by atoms with Crippen LogP contribution in [0.15, 0.2) is 30.3 Å². The molecule has 5 heteroatoms. The number of rotatable bonds is 2. The van der Waals surface area contributed by atoms with Gasteiger partial charge in [0, 0.05) is 10.6 Å². The lowest BCUT2D eigenvalue weighted by atomic mass is 10.1. The number of aromatic nitrogens is 1. The summed E-state index contributed by atoms with van der Waals surface area (Å²) >= 11 is 7.22. The fraction of sp³-hybridized carbons (Fsp3) is 0.286. The third-order valence-corrected chi connectivity index (χ3v) is 3.36. The van der Waals surface area contributed by atoms with Gasteiger partial charge >= 0.3 is 5.97 Å². The molecule has 0 aliphatic rings. The van der Waals surface area contributed by atoms with E-state index >= 15 is 0 Å². The van der Waals surface area contributed by atoms with E-state index in [-0.39, 0.29) is 5.97 Å². The number of hydrogen-bond donors (Lipinski definition) is 0. The van der Waals surface area contributed by atoms with E-state index in [2.05, 4.69) is 4.37 Å². The van der Waals surface area contributed by atoms with Crippen molar-refractivity contribution in [2.24, 2.45) is 0 Å². The van der Waals surface area contributed by atoms with Crippen LogP contribution in [0.5, 0.6) is 0 Å². The summed E-state index contributed by atoms with van der Waals surface area (Å²) in [6.45, 7) is 5.50. The maximum atomic E-state index is 11.9. The Labute approximate surface area is 121 Å². The third kappa shape index (κ3) is 3.55. The van der Waals surface area contributed by atoms with Crippen molar-refractivity contribution in [3.63, 3.8) is 0 Å². The number of halogens is 1. The second-order valence-corrected chi connectivity index (χ2v) is 6.27. The highest BCUT2D eigenvalue weighted by atomic mass is 35.5. The summed E-state index contributed by atoms with van der Waals surface area (Å²) in [5, 5.41) is 0.614. The quantitative estimate of drug-likeness (QED) is 0.770. The minimum atomic E-state index is -0.508. The molecule has 3 nitrogen and oxygen atoms in total. The first-order chi connectivity index (χ1) is 8.87. The van der Waals surface area contributed by atoms with E-state index in [1.165, 1.54) is 0 Å². The average Bonchev–Trinajstić information content (AvgIpc) is 2.76. The molecule has 0 spiro atoms. The highest BCUT2D eigenvalue weighted by Gasteiger charge is 2.20. The second kappa shape index (κ2) is 5.31. The molecule has 0 aliphatic carbocycles. The largest absolute Gasteiger partial charge is 0.456 e. The lowest BCUT2D eigenvalue weighted by Crippen LogP contribution is -2.23. The van der Waals surface area contributed by atoms with Crippen molar-refractivity contribution in [2.75, 3.05) is 0 Å². The molecular weight excluding hydrogens is 282 g/mol. The van der Waals surface area contributed by atoms with E-state index in [9.17, 15) is 4.79 Å². The maximum Gasteiger partial charge on any atom is 0.350 e. The van der Waals surface area contributed by atoms with Gasteiger partial charge in [-0.15, -0.1) is 0 Å². The number of benzene rings is 1. The summed E-state index contributed by atoms with van der Waals surface area (Å²) in [6, 6.07) is 9.11. The van der Waals surface area contributed by atoms with Gasteiger partial charge in [0.15, 0.2) is 0 Å². The van der Waals surface area contributed by atoms with Crippen LogP contribution in [0.25, 0.3) is 11.3 Å². The minimum Gasteiger partial charge on any atom is -0.456 e. The Balaban J connectivity index is 2.25. The molecule has 0 saturated carbocycles. The molecule has 1 heterocycles. The molecule has 0 unspecified atom stereocenters. The second-order valence-electron chi connectivity index (χ2n) is 5.06. The molecule has 0 saturated heterocycles. The van der Waals surface area contributed by atoms with Crippen LogP contribution >= 0.6 is 23.1 Å². The van der Waals surface area contributed by atoms with Crippen molar-refractivity contribution in [3.8, 4) is 11.3 Å². The fourth-order valence-corrected chi connectivity index (χ4v) is 2.36. The molecule has 19 heavy (non-hydrogen) atoms. The van der Waals surface area contributed by atoms with Crippen LogP contribution in [0.1, 0.15) is 30.4 Å². The minimum absolute atomic E-state index is 0.358. The van der Waals surface area contributed by atoms with Gasteiger partial charge < -0.3 is 4.74 Å². The van der Waals surface area contributed by atoms with Crippen LogP contribution in [-0.4, -0.2) is 15.9 Å². The van der Waals surface area contributed by atoms with Crippen LogP contribution in [0.3, 0.4) is 0 Å². The van der Waals surface area contributed by atoms with Crippen molar-refractivity contribution < 1.29 is 9.53 Å². The van der Waals surface area contributed by atoms with E-state index < -0.39 is 5.60 Å². The van der Waals surface area contributed by atoms with Crippen molar-refractivity contribution >= 4 is 29.1 Å². The number of carbonyl (C=O) groups excluding carboxylic acids is 1. The Morgan fingerprint density at radius 1 is 1.32 bits per heavy atom. The first-order valence-electron chi connectivity index (χ1n) is 5.82. The van der Waals surface area contributed by atoms with Crippen LogP contribution in [0, 0.1) is 0 Å². The molecule has 0 aliphatic heterocycles. The zero-order valence-electron chi connectivity index (χ0n) is 10.9. The van der Waals surface area contributed by atoms with E-state index in [4.69, 9.17) is 16.3 Å². The zero-order valence-corrected chi connectivity index (χ0v) is 12.5. The van der Waals surface area contributed by atoms with Crippen LogP contribution in [0.4, 0.5) is 0 Å². The van der Waals surface area contributed by atoms with Gasteiger partial charge in [-0.2, -0.15) is 4.37 Å². The van der Waals surface area contributed by atoms with Gasteiger partial charge in [0.05, 0.1) is 5.69 Å². The van der Waals surface area contributed by atoms with Crippen LogP contribution < -0.4 is 0 Å². The fourth-order valence-electron chi connectivity index (χ4n) is 1.50. The molecule has 0 radical (unpaired) electrons. The summed E-state index contributed by atoms with van der Waals surface area (Å²) in [5.41, 5.74) is 0.998. The van der Waals surface area contributed by atoms with Crippen LogP contribution in [-0.2, 0) is 4.74 Å². The monoisotopic (exact) mass is 295 g/mol. The Bertz CT molecular complexity index is 601. The summed E-state index contributed by atoms with van der Waals surface area (Å²) in [4.78, 5) is 12.4. The van der Waals surface area contributed by atoms with E-state index in [0.29, 0.717) is 15.6 Å². The SMILES string of the molecule is CC(C)(C)OC(=O)c1cc(-c2ccccc2Cl)ns1. The molecule has 0 amide bonds. The maximum absolute atomic E-state index is 11.9. The molecule has 2 aromatic rings. The molecule has 1 aromatic heterocycles. The molecule has 2 rings (SSSR count). The van der Waals surface area contributed by atoms with Gasteiger partial charge in [-0.05, 0) is 44.4 Å². The number of hydrogen-bond acceptors (Lipinski definition) is 4. The van der Waals surface area contributed by atoms with Gasteiger partial charge in [0.2, 0.25) is 0 Å². The molecule has 0 atom stereocenters. The molecular formula is C14H14ClNO2S. The smallest absolute Gasteiger partial charge is 0.350 e. The van der Waals surface area contributed by atoms with Gasteiger partial charge in [-0.25, -0.2) is 4.79 Å². The van der Waals surface area contributed by atoms with Crippen molar-refractivity contribution in [2.45, 2.75) is 26.4 Å². The zero-order chi connectivity index (χ0) is 14.0. The standard InChI is InChI=1S/C14H14ClNO2S/c1-14(2,3)18-13(17)12-8-11(16-19-12)9-6-4-5-7-10(9)15/h4-8H,1-3H3. The topological polar surface area (TPSA) is 39.2 Å². The average molecular weight is 296 g/mol. The lowest BCUT2D eigenvalue weighted by molar-refractivity contribution is 0.00753. The van der Waals surface area contributed by atoms with Crippen molar-refractivity contribution in [1.82, 2.24) is 4.37 Å². The molecule has 0 N–H and O–H groups in total. The first-order valence-corrected chi connectivity index (χ1v) is 6.97. The molecule has 0 bridgehead atoms. The van der Waals surface area contributed by atoms with Gasteiger partial charge in [-0.3, -0.25) is 0 Å². The Morgan fingerprint density at radius 3 is 2.63 bits per heavy atom. The Hall–Kier alpha value is -1.39. The predicted octanol–water partition coefficient (Wildman–Crippen LogP) is 4.42. The number of ether oxygens (including phenoxy) is 1. The van der Waals surface area contributed by atoms with Gasteiger partial charge in [0.1, 0.15) is 10.5 Å². The highest BCUT2D eigenvalue weighted by molar-refractivity contribution is 7.08. The van der Waals surface area contributed by atoms with Crippen molar-refractivity contribution in [3.05, 3.63) is 40.2 Å². The highest BCUT2D eigenvalue weighted by Crippen LogP contribution is 2.29. The number of nitrogens with zero attached hydrogens (tertiary/aromatic N) is 1. The summed E-state index contributed by atoms with van der Waals surface area (Å²) in [7, 11) is 0.